The van der Waals surface area contributed by atoms with E-state index in [0.717, 1.165) is 72.0 Å². The maximum atomic E-state index is 13.7. The van der Waals surface area contributed by atoms with Gasteiger partial charge in [-0.3, -0.25) is 9.88 Å². The number of halogens is 1. The quantitative estimate of drug-likeness (QED) is 0.354. The minimum atomic E-state index is -3.60. The number of nitrogens with one attached hydrogen (secondary N) is 1. The van der Waals surface area contributed by atoms with Gasteiger partial charge in [-0.05, 0) is 56.0 Å². The van der Waals surface area contributed by atoms with Gasteiger partial charge in [0.1, 0.15) is 4.90 Å². The van der Waals surface area contributed by atoms with Crippen LogP contribution in [0.4, 0.5) is 0 Å². The van der Waals surface area contributed by atoms with E-state index in [1.807, 2.05) is 42.5 Å². The second kappa shape index (κ2) is 9.63. The van der Waals surface area contributed by atoms with Crippen LogP contribution in [0, 0.1) is 0 Å². The number of H-pyrrole nitrogens is 1. The van der Waals surface area contributed by atoms with Crippen LogP contribution < -0.4 is 0 Å². The summed E-state index contributed by atoms with van der Waals surface area (Å²) in [4.78, 5) is 10.3. The van der Waals surface area contributed by atoms with Gasteiger partial charge in [0.2, 0.25) is 10.0 Å². The van der Waals surface area contributed by atoms with E-state index in [4.69, 9.17) is 11.6 Å². The summed E-state index contributed by atoms with van der Waals surface area (Å²) >= 11 is 6.23. The molecule has 2 aromatic carbocycles. The van der Waals surface area contributed by atoms with E-state index in [0.29, 0.717) is 11.4 Å². The molecule has 0 aliphatic carbocycles. The third-order valence-electron chi connectivity index (χ3n) is 7.60. The molecule has 0 radical (unpaired) electrons. The van der Waals surface area contributed by atoms with Crippen molar-refractivity contribution < 1.29 is 8.42 Å². The summed E-state index contributed by atoms with van der Waals surface area (Å²) in [6.07, 6.45) is 11.2. The summed E-state index contributed by atoms with van der Waals surface area (Å²) in [5.41, 5.74) is 3.67. The first-order chi connectivity index (χ1) is 17.5. The second-order valence-corrected chi connectivity index (χ2v) is 12.0. The number of pyridine rings is 1. The van der Waals surface area contributed by atoms with Gasteiger partial charge in [-0.1, -0.05) is 41.9 Å². The lowest BCUT2D eigenvalue weighted by atomic mass is 9.98. The number of aromatic nitrogens is 2. The first kappa shape index (κ1) is 23.7. The Labute approximate surface area is 216 Å². The molecule has 0 spiro atoms. The fraction of sp³-hybridized carbons (Fsp3) is 0.321. The zero-order chi connectivity index (χ0) is 24.7. The van der Waals surface area contributed by atoms with Crippen molar-refractivity contribution in [1.29, 1.82) is 0 Å². The first-order valence-electron chi connectivity index (χ1n) is 12.5. The van der Waals surface area contributed by atoms with E-state index in [1.165, 1.54) is 17.3 Å². The van der Waals surface area contributed by atoms with Crippen molar-refractivity contribution in [3.8, 4) is 0 Å². The van der Waals surface area contributed by atoms with Gasteiger partial charge < -0.3 is 4.98 Å². The Morgan fingerprint density at radius 1 is 1.08 bits per heavy atom. The molecule has 0 unspecified atom stereocenters. The lowest BCUT2D eigenvalue weighted by Gasteiger charge is -2.30. The molecule has 186 valence electrons. The molecular formula is C28H29ClN4O2S. The highest BCUT2D eigenvalue weighted by Crippen LogP contribution is 2.33. The number of nitrogens with zero attached hydrogens (tertiary/aromatic N) is 3. The molecule has 1 fully saturated rings. The largest absolute Gasteiger partial charge is 0.361 e. The first-order valence-corrected chi connectivity index (χ1v) is 14.4. The van der Waals surface area contributed by atoms with Crippen molar-refractivity contribution >= 4 is 48.9 Å². The highest BCUT2D eigenvalue weighted by atomic mass is 35.5. The molecule has 1 N–H and O–H groups in total. The van der Waals surface area contributed by atoms with Crippen LogP contribution in [0.5, 0.6) is 0 Å². The fourth-order valence-corrected chi connectivity index (χ4v) is 7.74. The van der Waals surface area contributed by atoms with Crippen LogP contribution in [-0.4, -0.2) is 59.8 Å². The molecule has 1 saturated heterocycles. The van der Waals surface area contributed by atoms with E-state index in [1.54, 1.807) is 10.5 Å². The minimum Gasteiger partial charge on any atom is -0.361 e. The van der Waals surface area contributed by atoms with Gasteiger partial charge in [0.05, 0.1) is 0 Å². The van der Waals surface area contributed by atoms with Crippen LogP contribution in [0.25, 0.3) is 27.2 Å². The van der Waals surface area contributed by atoms with E-state index in [9.17, 15) is 8.42 Å². The highest BCUT2D eigenvalue weighted by Gasteiger charge is 2.36. The number of aromatic amines is 1. The van der Waals surface area contributed by atoms with Crippen molar-refractivity contribution in [3.63, 3.8) is 0 Å². The SMILES string of the molecule is O=S(=O)(c1cncc2ccccc12)N1CCC[C@H]1CCN1CC=C(c2c[nH]c3ccc(Cl)cc23)CC1. The topological polar surface area (TPSA) is 69.3 Å². The zero-order valence-electron chi connectivity index (χ0n) is 20.0. The molecule has 2 aliphatic heterocycles. The van der Waals surface area contributed by atoms with Crippen LogP contribution in [0.2, 0.25) is 5.02 Å². The maximum Gasteiger partial charge on any atom is 0.245 e. The lowest BCUT2D eigenvalue weighted by Crippen LogP contribution is -2.39. The second-order valence-electron chi connectivity index (χ2n) is 9.73. The summed E-state index contributed by atoms with van der Waals surface area (Å²) < 4.78 is 29.1. The Hall–Kier alpha value is -2.71. The van der Waals surface area contributed by atoms with Crippen molar-refractivity contribution in [3.05, 3.63) is 77.7 Å². The van der Waals surface area contributed by atoms with Gasteiger partial charge in [0.25, 0.3) is 0 Å². The Morgan fingerprint density at radius 2 is 1.97 bits per heavy atom. The molecule has 4 heterocycles. The third kappa shape index (κ3) is 4.34. The van der Waals surface area contributed by atoms with Crippen LogP contribution in [-0.2, 0) is 10.0 Å². The van der Waals surface area contributed by atoms with E-state index in [2.05, 4.69) is 27.1 Å². The fourth-order valence-electron chi connectivity index (χ4n) is 5.68. The predicted octanol–water partition coefficient (Wildman–Crippen LogP) is 5.70. The number of benzene rings is 2. The van der Waals surface area contributed by atoms with Crippen molar-refractivity contribution in [2.75, 3.05) is 26.2 Å². The molecule has 4 aromatic rings. The molecule has 1 atom stereocenters. The Kier molecular flexibility index (Phi) is 6.33. The lowest BCUT2D eigenvalue weighted by molar-refractivity contribution is 0.262. The molecule has 0 bridgehead atoms. The predicted molar refractivity (Wildman–Crippen MR) is 146 cm³/mol. The van der Waals surface area contributed by atoms with Crippen molar-refractivity contribution in [1.82, 2.24) is 19.2 Å². The number of hydrogen-bond acceptors (Lipinski definition) is 4. The molecule has 36 heavy (non-hydrogen) atoms. The van der Waals surface area contributed by atoms with Gasteiger partial charge in [-0.25, -0.2) is 8.42 Å². The number of fused-ring (bicyclic) bond motifs is 2. The molecular weight excluding hydrogens is 492 g/mol. The van der Waals surface area contributed by atoms with Gasteiger partial charge in [0, 0.05) is 76.5 Å². The molecule has 2 aliphatic rings. The summed E-state index contributed by atoms with van der Waals surface area (Å²) in [7, 11) is -3.60. The van der Waals surface area contributed by atoms with E-state index < -0.39 is 10.0 Å². The number of rotatable bonds is 6. The zero-order valence-corrected chi connectivity index (χ0v) is 21.6. The molecule has 2 aromatic heterocycles. The summed E-state index contributed by atoms with van der Waals surface area (Å²) in [6.45, 7) is 3.29. The average Bonchev–Trinajstić information content (AvgIpc) is 3.55. The van der Waals surface area contributed by atoms with Crippen LogP contribution in [0.15, 0.2) is 72.0 Å². The normalized spacial score (nSPS) is 19.8. The van der Waals surface area contributed by atoms with Crippen LogP contribution in [0.3, 0.4) is 0 Å². The van der Waals surface area contributed by atoms with Gasteiger partial charge >= 0.3 is 0 Å². The summed E-state index contributed by atoms with van der Waals surface area (Å²) in [5.74, 6) is 0. The van der Waals surface area contributed by atoms with Crippen molar-refractivity contribution in [2.24, 2.45) is 0 Å². The van der Waals surface area contributed by atoms with Gasteiger partial charge in [-0.2, -0.15) is 4.31 Å². The molecule has 8 heteroatoms. The third-order valence-corrected chi connectivity index (χ3v) is 9.82. The Balaban J connectivity index is 1.14. The van der Waals surface area contributed by atoms with Crippen LogP contribution in [0.1, 0.15) is 31.2 Å². The molecule has 6 nitrogen and oxygen atoms in total. The minimum absolute atomic E-state index is 0.0232. The smallest absolute Gasteiger partial charge is 0.245 e. The van der Waals surface area contributed by atoms with Gasteiger partial charge in [0.15, 0.2) is 0 Å². The maximum absolute atomic E-state index is 13.7. The van der Waals surface area contributed by atoms with Crippen molar-refractivity contribution in [2.45, 2.75) is 36.6 Å². The Bertz CT molecular complexity index is 1560. The molecule has 0 amide bonds. The summed E-state index contributed by atoms with van der Waals surface area (Å²) in [6, 6.07) is 13.5. The highest BCUT2D eigenvalue weighted by molar-refractivity contribution is 7.89. The Morgan fingerprint density at radius 3 is 2.83 bits per heavy atom. The van der Waals surface area contributed by atoms with E-state index >= 15 is 0 Å². The monoisotopic (exact) mass is 520 g/mol. The summed E-state index contributed by atoms with van der Waals surface area (Å²) in [5, 5.41) is 3.50. The number of sulfonamides is 1. The molecule has 0 saturated carbocycles. The standard InChI is InChI=1S/C28H29ClN4O2S/c29-22-7-8-27-25(16-22)26(18-31-27)20-9-13-32(14-10-20)15-11-23-5-3-12-33(23)36(34,35)28-19-30-17-21-4-1-2-6-24(21)28/h1-2,4,6-9,16-19,23,31H,3,5,10-15H2/t23-/m0/s1. The number of hydrogen-bond donors (Lipinski definition) is 1. The molecule has 6 rings (SSSR count). The van der Waals surface area contributed by atoms with E-state index in [-0.39, 0.29) is 6.04 Å². The average molecular weight is 521 g/mol. The van der Waals surface area contributed by atoms with Crippen LogP contribution >= 0.6 is 11.6 Å². The van der Waals surface area contributed by atoms with Gasteiger partial charge in [-0.15, -0.1) is 0 Å².